The van der Waals surface area contributed by atoms with Gasteiger partial charge in [-0.2, -0.15) is 0 Å². The summed E-state index contributed by atoms with van der Waals surface area (Å²) in [5.74, 6) is 0. The van der Waals surface area contributed by atoms with Crippen LogP contribution in [0.2, 0.25) is 0 Å². The van der Waals surface area contributed by atoms with Crippen LogP contribution < -0.4 is 0 Å². The summed E-state index contributed by atoms with van der Waals surface area (Å²) in [5, 5.41) is 0. The van der Waals surface area contributed by atoms with Gasteiger partial charge in [-0.3, -0.25) is 0 Å². The van der Waals surface area contributed by atoms with Crippen molar-refractivity contribution >= 4 is 0 Å². The normalized spacial score (nSPS) is 27.5. The lowest BCUT2D eigenvalue weighted by Crippen LogP contribution is -2.67. The number of benzene rings is 6. The van der Waals surface area contributed by atoms with Crippen LogP contribution in [0, 0.1) is 0 Å². The lowest BCUT2D eigenvalue weighted by molar-refractivity contribution is -0.397. The monoisotopic (exact) mass is 894 g/mol. The van der Waals surface area contributed by atoms with E-state index in [2.05, 4.69) is 0 Å². The fourth-order valence-electron chi connectivity index (χ4n) is 8.62. The minimum absolute atomic E-state index is 0.142. The van der Waals surface area contributed by atoms with Gasteiger partial charge in [-0.05, 0) is 27.8 Å². The molecule has 66 heavy (non-hydrogen) atoms. The van der Waals surface area contributed by atoms with Crippen LogP contribution in [0.25, 0.3) is 0 Å². The Bertz CT molecular complexity index is 2280. The average molecular weight is 895 g/mol. The summed E-state index contributed by atoms with van der Waals surface area (Å²) in [4.78, 5) is 0. The van der Waals surface area contributed by atoms with Gasteiger partial charge in [0.25, 0.3) is 0 Å². The van der Waals surface area contributed by atoms with Crippen molar-refractivity contribution in [3.05, 3.63) is 215 Å². The van der Waals surface area contributed by atoms with E-state index >= 15 is 0 Å². The molecule has 0 radical (unpaired) electrons. The second kappa shape index (κ2) is 23.6. The van der Waals surface area contributed by atoms with E-state index in [4.69, 9.17) is 52.1 Å². The van der Waals surface area contributed by atoms with Gasteiger partial charge in [0, 0.05) is 12.7 Å². The fourth-order valence-corrected chi connectivity index (χ4v) is 8.62. The Morgan fingerprint density at radius 2 is 0.848 bits per heavy atom. The van der Waals surface area contributed by atoms with Gasteiger partial charge in [-0.15, -0.1) is 0 Å². The number of fused-ring (bicyclic) bond motifs is 1. The standard InChI is InChI=1S/C55H58O11/c1-56-54-51(60-35-42-26-14-5-15-27-42)49(58-33-40-22-10-3-11-23-40)47(45(63-54)37-57-32-39-20-8-2-9-21-39)66-55-52(61-36-43-28-16-6-17-29-43)50(59-34-41-24-12-4-13-25-41)48-46(64-55)38-62-53(65-48)44-30-18-7-19-31-44/h2-31,45-55H,32-38H2,1H3/t45-,46-,47-,48-,49+,50+,51-,52+,53?,54+,55-/m1/s1. The predicted octanol–water partition coefficient (Wildman–Crippen LogP) is 9.14. The third kappa shape index (κ3) is 12.1. The molecular weight excluding hydrogens is 837 g/mol. The first-order chi connectivity index (χ1) is 32.7. The zero-order valence-corrected chi connectivity index (χ0v) is 37.1. The Labute approximate surface area is 387 Å². The highest BCUT2D eigenvalue weighted by Crippen LogP contribution is 2.40. The molecule has 0 aliphatic carbocycles. The van der Waals surface area contributed by atoms with Crippen molar-refractivity contribution in [3.63, 3.8) is 0 Å². The zero-order chi connectivity index (χ0) is 44.8. The molecule has 0 bridgehead atoms. The number of ether oxygens (including phenoxy) is 11. The first-order valence-electron chi connectivity index (χ1n) is 22.7. The second-order valence-corrected chi connectivity index (χ2v) is 16.6. The molecule has 6 aromatic rings. The maximum Gasteiger partial charge on any atom is 0.187 e. The SMILES string of the molecule is CO[C@H]1O[C@H](COCc2ccccc2)[C@@H](O[C@H]2O[C@@H]3COC(c4ccccc4)O[C@H]3[C@H](OCc3ccccc3)[C@@H]2OCc2ccccc2)[C@H](OCc2ccccc2)[C@H]1OCc1ccccc1. The molecule has 11 atom stereocenters. The molecule has 344 valence electrons. The van der Waals surface area contributed by atoms with Gasteiger partial charge < -0.3 is 52.1 Å². The van der Waals surface area contributed by atoms with E-state index in [0.29, 0.717) is 13.2 Å². The Hall–Kier alpha value is -5.12. The molecule has 11 heteroatoms. The van der Waals surface area contributed by atoms with Crippen molar-refractivity contribution in [2.75, 3.05) is 20.3 Å². The predicted molar refractivity (Wildman–Crippen MR) is 245 cm³/mol. The zero-order valence-electron chi connectivity index (χ0n) is 37.1. The van der Waals surface area contributed by atoms with Crippen molar-refractivity contribution < 1.29 is 52.1 Å². The molecule has 3 heterocycles. The molecule has 3 aliphatic heterocycles. The summed E-state index contributed by atoms with van der Waals surface area (Å²) in [6, 6.07) is 60.0. The highest BCUT2D eigenvalue weighted by atomic mass is 16.8. The van der Waals surface area contributed by atoms with Gasteiger partial charge in [0.1, 0.15) is 48.8 Å². The van der Waals surface area contributed by atoms with Crippen LogP contribution in [0.15, 0.2) is 182 Å². The largest absolute Gasteiger partial charge is 0.374 e. The van der Waals surface area contributed by atoms with Gasteiger partial charge in [0.05, 0.1) is 46.2 Å². The molecule has 9 rings (SSSR count). The van der Waals surface area contributed by atoms with Crippen LogP contribution >= 0.6 is 0 Å². The minimum Gasteiger partial charge on any atom is -0.374 e. The maximum atomic E-state index is 7.36. The molecule has 0 saturated carbocycles. The van der Waals surface area contributed by atoms with E-state index in [1.54, 1.807) is 7.11 Å². The Balaban J connectivity index is 1.08. The molecule has 3 aliphatic rings. The molecule has 11 nitrogen and oxygen atoms in total. The summed E-state index contributed by atoms with van der Waals surface area (Å²) in [5.41, 5.74) is 5.86. The van der Waals surface area contributed by atoms with E-state index in [0.717, 1.165) is 33.4 Å². The van der Waals surface area contributed by atoms with Crippen LogP contribution in [0.3, 0.4) is 0 Å². The first-order valence-corrected chi connectivity index (χ1v) is 22.7. The number of hydrogen-bond donors (Lipinski definition) is 0. The topological polar surface area (TPSA) is 102 Å². The lowest BCUT2D eigenvalue weighted by atomic mass is 9.95. The third-order valence-corrected chi connectivity index (χ3v) is 12.0. The smallest absolute Gasteiger partial charge is 0.187 e. The van der Waals surface area contributed by atoms with Gasteiger partial charge in [0.2, 0.25) is 0 Å². The van der Waals surface area contributed by atoms with Crippen LogP contribution in [-0.2, 0) is 85.1 Å². The van der Waals surface area contributed by atoms with Crippen molar-refractivity contribution in [1.29, 1.82) is 0 Å². The molecule has 3 fully saturated rings. The third-order valence-electron chi connectivity index (χ3n) is 12.0. The van der Waals surface area contributed by atoms with E-state index in [9.17, 15) is 0 Å². The number of rotatable bonds is 20. The summed E-state index contributed by atoms with van der Waals surface area (Å²) < 4.78 is 74.6. The van der Waals surface area contributed by atoms with E-state index < -0.39 is 67.7 Å². The highest BCUT2D eigenvalue weighted by Gasteiger charge is 2.56. The lowest BCUT2D eigenvalue weighted by Gasteiger charge is -2.51. The highest BCUT2D eigenvalue weighted by molar-refractivity contribution is 5.19. The van der Waals surface area contributed by atoms with Crippen molar-refractivity contribution in [2.45, 2.75) is 101 Å². The average Bonchev–Trinajstić information content (AvgIpc) is 3.38. The van der Waals surface area contributed by atoms with Crippen molar-refractivity contribution in [1.82, 2.24) is 0 Å². The number of hydrogen-bond acceptors (Lipinski definition) is 11. The van der Waals surface area contributed by atoms with Gasteiger partial charge in [-0.1, -0.05) is 182 Å². The van der Waals surface area contributed by atoms with E-state index in [-0.39, 0.29) is 33.0 Å². The quantitative estimate of drug-likeness (QED) is 0.0734. The fraction of sp³-hybridized carbons (Fsp3) is 0.345. The van der Waals surface area contributed by atoms with E-state index in [1.165, 1.54) is 0 Å². The van der Waals surface area contributed by atoms with E-state index in [1.807, 2.05) is 182 Å². The summed E-state index contributed by atoms with van der Waals surface area (Å²) in [6.45, 7) is 1.80. The Kier molecular flexibility index (Phi) is 16.4. The van der Waals surface area contributed by atoms with Crippen LogP contribution in [0.1, 0.15) is 39.7 Å². The van der Waals surface area contributed by atoms with Gasteiger partial charge >= 0.3 is 0 Å². The van der Waals surface area contributed by atoms with Crippen LogP contribution in [-0.4, -0.2) is 81.7 Å². The minimum atomic E-state index is -1.03. The molecule has 1 unspecified atom stereocenters. The molecule has 3 saturated heterocycles. The Morgan fingerprint density at radius 1 is 0.424 bits per heavy atom. The molecule has 0 spiro atoms. The van der Waals surface area contributed by atoms with Crippen molar-refractivity contribution in [3.8, 4) is 0 Å². The van der Waals surface area contributed by atoms with Crippen LogP contribution in [0.5, 0.6) is 0 Å². The molecule has 0 amide bonds. The molecular formula is C55H58O11. The van der Waals surface area contributed by atoms with Gasteiger partial charge in [0.15, 0.2) is 18.9 Å². The molecule has 0 aromatic heterocycles. The van der Waals surface area contributed by atoms with Crippen LogP contribution in [0.4, 0.5) is 0 Å². The summed E-state index contributed by atoms with van der Waals surface area (Å²) in [6.07, 6.45) is -8.22. The molecule has 0 N–H and O–H groups in total. The maximum absolute atomic E-state index is 7.36. The molecule has 6 aromatic carbocycles. The Morgan fingerprint density at radius 3 is 1.33 bits per heavy atom. The summed E-state index contributed by atoms with van der Waals surface area (Å²) >= 11 is 0. The number of methoxy groups -OCH3 is 1. The summed E-state index contributed by atoms with van der Waals surface area (Å²) in [7, 11) is 1.61. The second-order valence-electron chi connectivity index (χ2n) is 16.6. The van der Waals surface area contributed by atoms with Crippen molar-refractivity contribution in [2.24, 2.45) is 0 Å². The van der Waals surface area contributed by atoms with Gasteiger partial charge in [-0.25, -0.2) is 0 Å². The first kappa shape index (κ1) is 46.0.